The van der Waals surface area contributed by atoms with Crippen LogP contribution in [0, 0.1) is 0 Å². The highest BCUT2D eigenvalue weighted by Crippen LogP contribution is 2.39. The molecule has 1 atom stereocenters. The molecule has 1 N–H and O–H groups in total. The second-order valence-electron chi connectivity index (χ2n) is 4.59. The van der Waals surface area contributed by atoms with Gasteiger partial charge in [0.25, 0.3) is 11.7 Å². The van der Waals surface area contributed by atoms with Gasteiger partial charge in [0.2, 0.25) is 5.91 Å². The minimum atomic E-state index is -0.181. The molecule has 4 heterocycles. The number of rotatable bonds is 2. The van der Waals surface area contributed by atoms with Crippen molar-refractivity contribution in [2.24, 2.45) is 0 Å². The molecular weight excluding hydrogens is 306 g/mol. The van der Waals surface area contributed by atoms with E-state index in [1.807, 2.05) is 11.4 Å². The molecule has 0 aliphatic carbocycles. The molecule has 0 saturated carbocycles. The first kappa shape index (κ1) is 12.8. The third kappa shape index (κ3) is 2.30. The van der Waals surface area contributed by atoms with Gasteiger partial charge in [-0.25, -0.2) is 9.50 Å². The van der Waals surface area contributed by atoms with Gasteiger partial charge in [-0.15, -0.1) is 28.2 Å². The first-order valence-electron chi connectivity index (χ1n) is 6.47. The lowest BCUT2D eigenvalue weighted by molar-refractivity contribution is -0.115. The maximum absolute atomic E-state index is 12.5. The molecule has 0 spiro atoms. The molecule has 0 bridgehead atoms. The summed E-state index contributed by atoms with van der Waals surface area (Å²) in [6, 6.07) is 3.80. The van der Waals surface area contributed by atoms with E-state index in [1.54, 1.807) is 46.1 Å². The molecule has 0 radical (unpaired) electrons. The van der Waals surface area contributed by atoms with Gasteiger partial charge in [0.1, 0.15) is 5.25 Å². The number of thiophene rings is 1. The van der Waals surface area contributed by atoms with Crippen LogP contribution in [0.4, 0.5) is 5.95 Å². The van der Waals surface area contributed by atoms with E-state index in [0.717, 1.165) is 17.7 Å². The average Bonchev–Trinajstić information content (AvgIpc) is 3.12. The van der Waals surface area contributed by atoms with Crippen LogP contribution in [0.3, 0.4) is 0 Å². The molecule has 0 saturated heterocycles. The number of thioether (sulfide) groups is 1. The number of anilines is 1. The number of carbonyl (C=O) groups excluding carboxylic acids is 1. The Bertz CT molecular complexity index is 779. The molecule has 106 valence electrons. The molecule has 3 aromatic rings. The van der Waals surface area contributed by atoms with E-state index in [-0.39, 0.29) is 11.2 Å². The van der Waals surface area contributed by atoms with Crippen molar-refractivity contribution in [3.8, 4) is 0 Å². The van der Waals surface area contributed by atoms with Crippen LogP contribution < -0.4 is 5.32 Å². The van der Waals surface area contributed by atoms with E-state index in [0.29, 0.717) is 11.7 Å². The standard InChI is InChI=1S/C13H11N5OS2/c19-11(10-8-2-6-20-9(8)3-7-21-10)15-12-16-13-14-4-1-5-18(13)17-12/h1-2,4-6,10H,3,7H2,(H,15,17,19). The van der Waals surface area contributed by atoms with E-state index in [9.17, 15) is 4.79 Å². The summed E-state index contributed by atoms with van der Waals surface area (Å²) < 4.78 is 1.54. The highest BCUT2D eigenvalue weighted by atomic mass is 32.2. The number of hydrogen-bond acceptors (Lipinski definition) is 6. The number of carbonyl (C=O) groups is 1. The zero-order valence-corrected chi connectivity index (χ0v) is 12.5. The molecule has 1 aliphatic heterocycles. The van der Waals surface area contributed by atoms with Crippen LogP contribution in [0.1, 0.15) is 15.7 Å². The van der Waals surface area contributed by atoms with Gasteiger partial charge in [-0.05, 0) is 35.2 Å². The normalized spacial score (nSPS) is 17.6. The lowest BCUT2D eigenvalue weighted by atomic mass is 10.1. The second kappa shape index (κ2) is 5.12. The lowest BCUT2D eigenvalue weighted by Gasteiger charge is -2.20. The Hall–Kier alpha value is -1.93. The van der Waals surface area contributed by atoms with Gasteiger partial charge < -0.3 is 0 Å². The summed E-state index contributed by atoms with van der Waals surface area (Å²) in [5.74, 6) is 1.66. The topological polar surface area (TPSA) is 72.2 Å². The molecule has 0 fully saturated rings. The third-order valence-electron chi connectivity index (χ3n) is 3.27. The largest absolute Gasteiger partial charge is 0.292 e. The van der Waals surface area contributed by atoms with Gasteiger partial charge >= 0.3 is 0 Å². The number of aryl methyl sites for hydroxylation is 1. The third-order valence-corrected chi connectivity index (χ3v) is 5.50. The predicted octanol–water partition coefficient (Wildman–Crippen LogP) is 2.15. The van der Waals surface area contributed by atoms with E-state index in [1.165, 1.54) is 4.88 Å². The van der Waals surface area contributed by atoms with Crippen molar-refractivity contribution in [1.29, 1.82) is 0 Å². The van der Waals surface area contributed by atoms with Crippen LogP contribution in [-0.2, 0) is 11.2 Å². The van der Waals surface area contributed by atoms with Crippen LogP contribution >= 0.6 is 23.1 Å². The second-order valence-corrected chi connectivity index (χ2v) is 6.80. The van der Waals surface area contributed by atoms with Crippen molar-refractivity contribution < 1.29 is 4.79 Å². The summed E-state index contributed by atoms with van der Waals surface area (Å²) in [6.07, 6.45) is 4.43. The number of amides is 1. The Morgan fingerprint density at radius 2 is 2.43 bits per heavy atom. The molecule has 8 heteroatoms. The van der Waals surface area contributed by atoms with E-state index in [4.69, 9.17) is 0 Å². The van der Waals surface area contributed by atoms with Crippen molar-refractivity contribution in [2.75, 3.05) is 11.1 Å². The van der Waals surface area contributed by atoms with Gasteiger partial charge in [-0.3, -0.25) is 10.1 Å². The highest BCUT2D eigenvalue weighted by Gasteiger charge is 2.28. The number of aromatic nitrogens is 4. The molecule has 1 amide bonds. The zero-order valence-electron chi connectivity index (χ0n) is 10.9. The molecule has 6 nitrogen and oxygen atoms in total. The average molecular weight is 317 g/mol. The fourth-order valence-corrected chi connectivity index (χ4v) is 4.62. The van der Waals surface area contributed by atoms with Crippen LogP contribution in [0.5, 0.6) is 0 Å². The number of hydrogen-bond donors (Lipinski definition) is 1. The van der Waals surface area contributed by atoms with Crippen molar-refractivity contribution in [2.45, 2.75) is 11.7 Å². The van der Waals surface area contributed by atoms with Crippen LogP contribution in [-0.4, -0.2) is 31.2 Å². The van der Waals surface area contributed by atoms with Gasteiger partial charge in [-0.2, -0.15) is 4.98 Å². The maximum Gasteiger partial charge on any atom is 0.253 e. The molecule has 4 rings (SSSR count). The Labute approximate surface area is 128 Å². The van der Waals surface area contributed by atoms with Gasteiger partial charge in [0, 0.05) is 17.3 Å². The first-order valence-corrected chi connectivity index (χ1v) is 8.40. The fraction of sp³-hybridized carbons (Fsp3) is 0.231. The molecule has 1 unspecified atom stereocenters. The molecule has 3 aromatic heterocycles. The summed E-state index contributed by atoms with van der Waals surface area (Å²) in [4.78, 5) is 22.0. The summed E-state index contributed by atoms with van der Waals surface area (Å²) in [5.41, 5.74) is 1.12. The van der Waals surface area contributed by atoms with E-state index < -0.39 is 0 Å². The molecule has 0 aromatic carbocycles. The highest BCUT2D eigenvalue weighted by molar-refractivity contribution is 8.00. The zero-order chi connectivity index (χ0) is 14.2. The molecule has 1 aliphatic rings. The van der Waals surface area contributed by atoms with Gasteiger partial charge in [-0.1, -0.05) is 0 Å². The smallest absolute Gasteiger partial charge is 0.253 e. The Morgan fingerprint density at radius 1 is 1.48 bits per heavy atom. The van der Waals surface area contributed by atoms with Crippen LogP contribution in [0.15, 0.2) is 29.9 Å². The number of fused-ring (bicyclic) bond motifs is 2. The minimum absolute atomic E-state index is 0.0738. The van der Waals surface area contributed by atoms with Gasteiger partial charge in [0.15, 0.2) is 0 Å². The van der Waals surface area contributed by atoms with E-state index in [2.05, 4.69) is 20.4 Å². The monoisotopic (exact) mass is 317 g/mol. The Kier molecular flexibility index (Phi) is 3.12. The maximum atomic E-state index is 12.5. The summed E-state index contributed by atoms with van der Waals surface area (Å²) in [5, 5.41) is 8.85. The summed E-state index contributed by atoms with van der Waals surface area (Å²) in [6.45, 7) is 0. The molecular formula is C13H11N5OS2. The van der Waals surface area contributed by atoms with Crippen LogP contribution in [0.2, 0.25) is 0 Å². The lowest BCUT2D eigenvalue weighted by Crippen LogP contribution is -2.22. The number of nitrogens with one attached hydrogen (secondary N) is 1. The quantitative estimate of drug-likeness (QED) is 0.784. The summed E-state index contributed by atoms with van der Waals surface area (Å²) in [7, 11) is 0. The predicted molar refractivity (Wildman–Crippen MR) is 82.6 cm³/mol. The summed E-state index contributed by atoms with van der Waals surface area (Å²) >= 11 is 3.38. The fourth-order valence-electron chi connectivity index (χ4n) is 2.33. The van der Waals surface area contributed by atoms with Crippen LogP contribution in [0.25, 0.3) is 5.78 Å². The van der Waals surface area contributed by atoms with Crippen molar-refractivity contribution >= 4 is 40.7 Å². The van der Waals surface area contributed by atoms with E-state index >= 15 is 0 Å². The van der Waals surface area contributed by atoms with Crippen molar-refractivity contribution in [3.63, 3.8) is 0 Å². The molecule has 21 heavy (non-hydrogen) atoms. The number of nitrogens with zero attached hydrogens (tertiary/aromatic N) is 4. The first-order chi connectivity index (χ1) is 10.3. The Morgan fingerprint density at radius 3 is 3.33 bits per heavy atom. The van der Waals surface area contributed by atoms with Gasteiger partial charge in [0.05, 0.1) is 0 Å². The Balaban J connectivity index is 1.59. The SMILES string of the molecule is O=C(Nc1nc2ncccn2n1)C1SCCc2sccc21. The van der Waals surface area contributed by atoms with Crippen molar-refractivity contribution in [3.05, 3.63) is 40.3 Å². The minimum Gasteiger partial charge on any atom is -0.292 e. The van der Waals surface area contributed by atoms with Crippen molar-refractivity contribution in [1.82, 2.24) is 19.6 Å².